The summed E-state index contributed by atoms with van der Waals surface area (Å²) in [6.07, 6.45) is 6.51. The molecule has 0 bridgehead atoms. The topological polar surface area (TPSA) is 54.0 Å². The van der Waals surface area contributed by atoms with Crippen LogP contribution in [-0.4, -0.2) is 23.0 Å². The number of carbonyl (C=O) groups is 1. The fourth-order valence-electron chi connectivity index (χ4n) is 4.82. The van der Waals surface area contributed by atoms with Crippen molar-refractivity contribution in [2.75, 3.05) is 5.32 Å². The maximum Gasteiger partial charge on any atom is 0.251 e. The van der Waals surface area contributed by atoms with E-state index in [2.05, 4.69) is 33.8 Å². The zero-order chi connectivity index (χ0) is 23.3. The molecule has 0 aliphatic heterocycles. The average Bonchev–Trinajstić information content (AvgIpc) is 2.86. The Kier molecular flexibility index (Phi) is 6.77. The average molecular weight is 470 g/mol. The van der Waals surface area contributed by atoms with Crippen molar-refractivity contribution >= 4 is 34.1 Å². The summed E-state index contributed by atoms with van der Waals surface area (Å²) in [7, 11) is 0. The number of fused-ring (bicyclic) bond motifs is 1. The van der Waals surface area contributed by atoms with Crippen molar-refractivity contribution in [3.05, 3.63) is 107 Å². The van der Waals surface area contributed by atoms with Crippen LogP contribution >= 0.6 is 11.6 Å². The van der Waals surface area contributed by atoms with Crippen LogP contribution in [0.25, 0.3) is 10.9 Å². The number of benzene rings is 3. The summed E-state index contributed by atoms with van der Waals surface area (Å²) in [6, 6.07) is 26.6. The number of carbonyl (C=O) groups excluding carboxylic acids is 1. The maximum absolute atomic E-state index is 13.1. The Balaban J connectivity index is 1.19. The van der Waals surface area contributed by atoms with Gasteiger partial charge in [0.05, 0.1) is 5.52 Å². The lowest BCUT2D eigenvalue weighted by molar-refractivity contribution is 0.0926. The van der Waals surface area contributed by atoms with Crippen LogP contribution in [0, 0.1) is 0 Å². The van der Waals surface area contributed by atoms with E-state index in [0.29, 0.717) is 11.1 Å². The number of halogens is 1. The summed E-state index contributed by atoms with van der Waals surface area (Å²) in [5.41, 5.74) is 5.02. The highest BCUT2D eigenvalue weighted by molar-refractivity contribution is 6.31. The van der Waals surface area contributed by atoms with Crippen molar-refractivity contribution in [1.29, 1.82) is 0 Å². The zero-order valence-corrected chi connectivity index (χ0v) is 19.8. The minimum absolute atomic E-state index is 0.0277. The van der Waals surface area contributed by atoms with Crippen molar-refractivity contribution in [3.8, 4) is 0 Å². The lowest BCUT2D eigenvalue weighted by Crippen LogP contribution is -2.40. The summed E-state index contributed by atoms with van der Waals surface area (Å²) >= 11 is 6.12. The fourth-order valence-corrected chi connectivity index (χ4v) is 4.99. The predicted molar refractivity (Wildman–Crippen MR) is 140 cm³/mol. The highest BCUT2D eigenvalue weighted by atomic mass is 35.5. The molecule has 4 nitrogen and oxygen atoms in total. The van der Waals surface area contributed by atoms with Gasteiger partial charge in [-0.15, -0.1) is 0 Å². The third-order valence-corrected chi connectivity index (χ3v) is 6.86. The van der Waals surface area contributed by atoms with Crippen LogP contribution in [0.3, 0.4) is 0 Å². The normalized spacial score (nSPS) is 17.9. The summed E-state index contributed by atoms with van der Waals surface area (Å²) < 4.78 is 0. The van der Waals surface area contributed by atoms with Crippen molar-refractivity contribution in [3.63, 3.8) is 0 Å². The lowest BCUT2D eigenvalue weighted by atomic mass is 9.90. The molecule has 172 valence electrons. The number of hydrogen-bond acceptors (Lipinski definition) is 3. The molecule has 1 aliphatic rings. The molecule has 1 amide bonds. The number of amides is 1. The smallest absolute Gasteiger partial charge is 0.251 e. The Bertz CT molecular complexity index is 1280. The molecule has 5 heteroatoms. The van der Waals surface area contributed by atoms with Crippen LogP contribution < -0.4 is 10.6 Å². The molecule has 0 saturated heterocycles. The van der Waals surface area contributed by atoms with E-state index in [9.17, 15) is 4.79 Å². The molecular weight excluding hydrogens is 442 g/mol. The van der Waals surface area contributed by atoms with Crippen LogP contribution in [-0.2, 0) is 6.42 Å². The van der Waals surface area contributed by atoms with Gasteiger partial charge < -0.3 is 10.6 Å². The minimum atomic E-state index is 0.0277. The Labute approximate surface area is 205 Å². The molecule has 5 rings (SSSR count). The molecule has 0 radical (unpaired) electrons. The number of hydrogen-bond donors (Lipinski definition) is 2. The van der Waals surface area contributed by atoms with Gasteiger partial charge in [0.15, 0.2) is 0 Å². The van der Waals surface area contributed by atoms with Crippen molar-refractivity contribution < 1.29 is 4.79 Å². The van der Waals surface area contributed by atoms with Gasteiger partial charge in [-0.3, -0.25) is 9.78 Å². The molecule has 1 saturated carbocycles. The summed E-state index contributed by atoms with van der Waals surface area (Å²) in [4.78, 5) is 17.6. The molecule has 3 aromatic carbocycles. The van der Waals surface area contributed by atoms with Crippen LogP contribution in [0.1, 0.15) is 47.2 Å². The molecule has 4 aromatic rings. The maximum atomic E-state index is 13.1. The quantitative estimate of drug-likeness (QED) is 0.333. The third kappa shape index (κ3) is 5.23. The molecule has 0 spiro atoms. The van der Waals surface area contributed by atoms with Gasteiger partial charge in [-0.25, -0.2) is 0 Å². The van der Waals surface area contributed by atoms with Crippen LogP contribution in [0.15, 0.2) is 85.1 Å². The number of pyridine rings is 1. The Morgan fingerprint density at radius 1 is 0.882 bits per heavy atom. The van der Waals surface area contributed by atoms with Gasteiger partial charge in [0.25, 0.3) is 5.91 Å². The standard InChI is InChI=1S/C29H28ClN3O/c30-22-10-15-26-27(16-17-31-28(26)19-22)32-23-11-13-24(14-12-23)33-29(34)25-9-5-4-8-21(25)18-20-6-2-1-3-7-20/h1-10,15-17,19,23-24H,11-14,18H2,(H,31,32)(H,33,34). The van der Waals surface area contributed by atoms with Crippen molar-refractivity contribution in [1.82, 2.24) is 10.3 Å². The van der Waals surface area contributed by atoms with Crippen molar-refractivity contribution in [2.45, 2.75) is 44.2 Å². The van der Waals surface area contributed by atoms with E-state index in [4.69, 9.17) is 11.6 Å². The van der Waals surface area contributed by atoms with E-state index in [1.165, 1.54) is 5.56 Å². The minimum Gasteiger partial charge on any atom is -0.382 e. The molecule has 2 N–H and O–H groups in total. The second-order valence-corrected chi connectivity index (χ2v) is 9.44. The molecular formula is C29H28ClN3O. The predicted octanol–water partition coefficient (Wildman–Crippen LogP) is 6.63. The molecule has 0 unspecified atom stereocenters. The summed E-state index contributed by atoms with van der Waals surface area (Å²) in [5, 5.41) is 8.75. The third-order valence-electron chi connectivity index (χ3n) is 6.63. The first kappa shape index (κ1) is 22.4. The van der Waals surface area contributed by atoms with Gasteiger partial charge >= 0.3 is 0 Å². The number of nitrogens with one attached hydrogen (secondary N) is 2. The van der Waals surface area contributed by atoms with E-state index in [-0.39, 0.29) is 11.9 Å². The van der Waals surface area contributed by atoms with Gasteiger partial charge in [-0.2, -0.15) is 0 Å². The number of anilines is 1. The highest BCUT2D eigenvalue weighted by Crippen LogP contribution is 2.28. The summed E-state index contributed by atoms with van der Waals surface area (Å²) in [5.74, 6) is 0.0277. The highest BCUT2D eigenvalue weighted by Gasteiger charge is 2.24. The Morgan fingerprint density at radius 3 is 2.44 bits per heavy atom. The molecule has 1 heterocycles. The Morgan fingerprint density at radius 2 is 1.62 bits per heavy atom. The number of rotatable bonds is 6. The molecule has 1 aliphatic carbocycles. The molecule has 1 aromatic heterocycles. The fraction of sp³-hybridized carbons (Fsp3) is 0.241. The monoisotopic (exact) mass is 469 g/mol. The van der Waals surface area contributed by atoms with Crippen molar-refractivity contribution in [2.24, 2.45) is 0 Å². The van der Waals surface area contributed by atoms with Gasteiger partial charge in [-0.1, -0.05) is 60.1 Å². The SMILES string of the molecule is O=C(NC1CCC(Nc2ccnc3cc(Cl)ccc23)CC1)c1ccccc1Cc1ccccc1. The zero-order valence-electron chi connectivity index (χ0n) is 19.0. The largest absolute Gasteiger partial charge is 0.382 e. The van der Waals surface area contributed by atoms with Crippen LogP contribution in [0.5, 0.6) is 0 Å². The number of aromatic nitrogens is 1. The van der Waals surface area contributed by atoms with E-state index in [1.807, 2.05) is 66.9 Å². The van der Waals surface area contributed by atoms with E-state index >= 15 is 0 Å². The van der Waals surface area contributed by atoms with Gasteiger partial charge in [0.1, 0.15) is 0 Å². The first-order valence-electron chi connectivity index (χ1n) is 11.9. The van der Waals surface area contributed by atoms with E-state index in [0.717, 1.165) is 59.8 Å². The molecule has 34 heavy (non-hydrogen) atoms. The van der Waals surface area contributed by atoms with Crippen LogP contribution in [0.4, 0.5) is 5.69 Å². The van der Waals surface area contributed by atoms with Gasteiger partial charge in [0, 0.05) is 39.9 Å². The molecule has 0 atom stereocenters. The van der Waals surface area contributed by atoms with Gasteiger partial charge in [0.2, 0.25) is 0 Å². The Hall–Kier alpha value is -3.37. The van der Waals surface area contributed by atoms with Gasteiger partial charge in [-0.05, 0) is 73.6 Å². The summed E-state index contributed by atoms with van der Waals surface area (Å²) in [6.45, 7) is 0. The first-order valence-corrected chi connectivity index (χ1v) is 12.3. The lowest BCUT2D eigenvalue weighted by Gasteiger charge is -2.30. The van der Waals surface area contributed by atoms with E-state index in [1.54, 1.807) is 0 Å². The van der Waals surface area contributed by atoms with E-state index < -0.39 is 0 Å². The first-order chi connectivity index (χ1) is 16.7. The van der Waals surface area contributed by atoms with Crippen LogP contribution in [0.2, 0.25) is 5.02 Å². The second-order valence-electron chi connectivity index (χ2n) is 9.01. The number of nitrogens with zero attached hydrogens (tertiary/aromatic N) is 1. The molecule has 1 fully saturated rings. The second kappa shape index (κ2) is 10.3.